The van der Waals surface area contributed by atoms with Gasteiger partial charge in [0.1, 0.15) is 5.58 Å². The number of furan rings is 1. The fourth-order valence-electron chi connectivity index (χ4n) is 2.51. The number of ether oxygens (including phenoxy) is 2. The molecule has 9 heteroatoms. The molecule has 0 saturated heterocycles. The van der Waals surface area contributed by atoms with E-state index in [1.54, 1.807) is 25.5 Å². The van der Waals surface area contributed by atoms with Crippen LogP contribution in [-0.2, 0) is 0 Å². The molecule has 0 atom stereocenters. The van der Waals surface area contributed by atoms with Crippen LogP contribution in [0.25, 0.3) is 11.0 Å². The summed E-state index contributed by atoms with van der Waals surface area (Å²) in [7, 11) is 1.58. The number of rotatable bonds is 6. The predicted octanol–water partition coefficient (Wildman–Crippen LogP) is 5.58. The number of nitrogens with zero attached hydrogens (tertiary/aromatic N) is 1. The third kappa shape index (κ3) is 4.79. The van der Waals surface area contributed by atoms with Crippen molar-refractivity contribution in [3.05, 3.63) is 53.3 Å². The highest BCUT2D eigenvalue weighted by Crippen LogP contribution is 2.33. The van der Waals surface area contributed by atoms with Crippen molar-refractivity contribution >= 4 is 84.2 Å². The van der Waals surface area contributed by atoms with Gasteiger partial charge >= 0.3 is 5.91 Å². The molecule has 0 bridgehead atoms. The molecule has 1 amide bonds. The summed E-state index contributed by atoms with van der Waals surface area (Å²) < 4.78 is 19.4. The van der Waals surface area contributed by atoms with E-state index in [-0.39, 0.29) is 5.76 Å². The standard InChI is InChI=1S/C19H15BrI2N2O4/c1-3-27-18-13(21)4-10(5-15(18)26-2)9-23-24-19(25)16-7-11-6-12(20)8-14(22)17(11)28-16/h4-9H,3H2,1-2H3,(H,24,25)/b23-9+. The van der Waals surface area contributed by atoms with Crippen LogP contribution < -0.4 is 14.9 Å². The van der Waals surface area contributed by atoms with Gasteiger partial charge in [-0.15, -0.1) is 0 Å². The molecule has 3 rings (SSSR count). The Kier molecular flexibility index (Phi) is 7.20. The van der Waals surface area contributed by atoms with Crippen LogP contribution in [0.4, 0.5) is 0 Å². The number of amides is 1. The number of fused-ring (bicyclic) bond motifs is 1. The number of hydrogen-bond donors (Lipinski definition) is 1. The van der Waals surface area contributed by atoms with Gasteiger partial charge in [-0.1, -0.05) is 15.9 Å². The molecule has 1 aromatic heterocycles. The van der Waals surface area contributed by atoms with Crippen LogP contribution in [0, 0.1) is 7.14 Å². The Hall–Kier alpha value is -1.34. The fraction of sp³-hybridized carbons (Fsp3) is 0.158. The molecular weight excluding hydrogens is 654 g/mol. The highest BCUT2D eigenvalue weighted by molar-refractivity contribution is 14.1. The summed E-state index contributed by atoms with van der Waals surface area (Å²) in [5, 5.41) is 4.87. The van der Waals surface area contributed by atoms with Crippen LogP contribution in [0.5, 0.6) is 11.5 Å². The molecule has 0 radical (unpaired) electrons. The van der Waals surface area contributed by atoms with Gasteiger partial charge in [0.25, 0.3) is 0 Å². The van der Waals surface area contributed by atoms with Crippen molar-refractivity contribution in [2.24, 2.45) is 5.10 Å². The molecule has 1 heterocycles. The molecule has 146 valence electrons. The van der Waals surface area contributed by atoms with E-state index >= 15 is 0 Å². The molecule has 28 heavy (non-hydrogen) atoms. The van der Waals surface area contributed by atoms with Gasteiger partial charge in [-0.3, -0.25) is 4.79 Å². The minimum Gasteiger partial charge on any atom is -0.493 e. The topological polar surface area (TPSA) is 73.1 Å². The van der Waals surface area contributed by atoms with Crippen LogP contribution in [0.3, 0.4) is 0 Å². The first-order valence-corrected chi connectivity index (χ1v) is 11.1. The van der Waals surface area contributed by atoms with Crippen molar-refractivity contribution in [2.75, 3.05) is 13.7 Å². The van der Waals surface area contributed by atoms with Crippen molar-refractivity contribution in [1.82, 2.24) is 5.43 Å². The first kappa shape index (κ1) is 21.4. The summed E-state index contributed by atoms with van der Waals surface area (Å²) in [6.07, 6.45) is 1.54. The molecule has 3 aromatic rings. The second-order valence-corrected chi connectivity index (χ2v) is 8.82. The van der Waals surface area contributed by atoms with E-state index in [0.717, 1.165) is 22.6 Å². The van der Waals surface area contributed by atoms with Crippen molar-refractivity contribution in [3.8, 4) is 11.5 Å². The average Bonchev–Trinajstić information content (AvgIpc) is 3.08. The van der Waals surface area contributed by atoms with Gasteiger partial charge in [0, 0.05) is 9.86 Å². The van der Waals surface area contributed by atoms with E-state index in [1.807, 2.05) is 25.1 Å². The Balaban J connectivity index is 1.76. The number of benzene rings is 2. The SMILES string of the molecule is CCOc1c(I)cc(/C=N/NC(=O)c2cc3cc(Br)cc(I)c3o2)cc1OC. The van der Waals surface area contributed by atoms with Gasteiger partial charge < -0.3 is 13.9 Å². The Labute approximate surface area is 197 Å². The Morgan fingerprint density at radius 1 is 1.25 bits per heavy atom. The van der Waals surface area contributed by atoms with Crippen molar-refractivity contribution in [2.45, 2.75) is 6.92 Å². The Morgan fingerprint density at radius 2 is 2.04 bits per heavy atom. The Bertz CT molecular complexity index is 1070. The highest BCUT2D eigenvalue weighted by atomic mass is 127. The monoisotopic (exact) mass is 668 g/mol. The zero-order chi connectivity index (χ0) is 20.3. The molecule has 0 saturated carbocycles. The van der Waals surface area contributed by atoms with Crippen LogP contribution in [-0.4, -0.2) is 25.8 Å². The predicted molar refractivity (Wildman–Crippen MR) is 129 cm³/mol. The Morgan fingerprint density at radius 3 is 2.75 bits per heavy atom. The third-order valence-corrected chi connectivity index (χ3v) is 5.74. The zero-order valence-electron chi connectivity index (χ0n) is 14.9. The quantitative estimate of drug-likeness (QED) is 0.212. The maximum Gasteiger partial charge on any atom is 0.307 e. The number of nitrogens with one attached hydrogen (secondary N) is 1. The van der Waals surface area contributed by atoms with E-state index in [0.29, 0.717) is 23.7 Å². The second kappa shape index (κ2) is 9.44. The summed E-state index contributed by atoms with van der Waals surface area (Å²) >= 11 is 7.78. The van der Waals surface area contributed by atoms with Crippen LogP contribution in [0.15, 0.2) is 44.3 Å². The lowest BCUT2D eigenvalue weighted by atomic mass is 10.2. The number of halogens is 3. The number of hydrogen-bond acceptors (Lipinski definition) is 5. The van der Waals surface area contributed by atoms with E-state index in [2.05, 4.69) is 71.6 Å². The molecule has 0 aliphatic heterocycles. The van der Waals surface area contributed by atoms with Crippen molar-refractivity contribution in [3.63, 3.8) is 0 Å². The third-order valence-electron chi connectivity index (χ3n) is 3.68. The van der Waals surface area contributed by atoms with E-state index in [4.69, 9.17) is 13.9 Å². The van der Waals surface area contributed by atoms with Gasteiger partial charge in [0.15, 0.2) is 17.3 Å². The van der Waals surface area contributed by atoms with Gasteiger partial charge in [0.2, 0.25) is 0 Å². The molecule has 2 aromatic carbocycles. The molecular formula is C19H15BrI2N2O4. The number of hydrazone groups is 1. The first-order valence-electron chi connectivity index (χ1n) is 8.15. The van der Waals surface area contributed by atoms with Crippen molar-refractivity contribution in [1.29, 1.82) is 0 Å². The summed E-state index contributed by atoms with van der Waals surface area (Å²) in [6.45, 7) is 2.46. The summed E-state index contributed by atoms with van der Waals surface area (Å²) in [6, 6.07) is 9.20. The lowest BCUT2D eigenvalue weighted by Gasteiger charge is -2.11. The zero-order valence-corrected chi connectivity index (χ0v) is 20.8. The largest absolute Gasteiger partial charge is 0.493 e. The highest BCUT2D eigenvalue weighted by Gasteiger charge is 2.14. The lowest BCUT2D eigenvalue weighted by Crippen LogP contribution is -2.16. The molecule has 0 spiro atoms. The first-order chi connectivity index (χ1) is 13.4. The molecule has 6 nitrogen and oxygen atoms in total. The molecule has 0 aliphatic rings. The molecule has 1 N–H and O–H groups in total. The summed E-state index contributed by atoms with van der Waals surface area (Å²) in [5.41, 5.74) is 3.93. The maximum absolute atomic E-state index is 12.4. The molecule has 0 unspecified atom stereocenters. The van der Waals surface area contributed by atoms with Crippen LogP contribution >= 0.6 is 61.1 Å². The number of methoxy groups -OCH3 is 1. The fourth-order valence-corrected chi connectivity index (χ4v) is 4.95. The number of carbonyl (C=O) groups excluding carboxylic acids is 1. The normalized spacial score (nSPS) is 11.2. The van der Waals surface area contributed by atoms with Crippen molar-refractivity contribution < 1.29 is 18.7 Å². The van der Waals surface area contributed by atoms with Gasteiger partial charge in [-0.2, -0.15) is 5.10 Å². The molecule has 0 fully saturated rings. The van der Waals surface area contributed by atoms with Gasteiger partial charge in [-0.05, 0) is 88.0 Å². The van der Waals surface area contributed by atoms with E-state index in [9.17, 15) is 4.79 Å². The van der Waals surface area contributed by atoms with E-state index < -0.39 is 5.91 Å². The smallest absolute Gasteiger partial charge is 0.307 e. The second-order valence-electron chi connectivity index (χ2n) is 5.58. The van der Waals surface area contributed by atoms with E-state index in [1.165, 1.54) is 0 Å². The van der Waals surface area contributed by atoms with Crippen LogP contribution in [0.2, 0.25) is 0 Å². The van der Waals surface area contributed by atoms with Gasteiger partial charge in [0.05, 0.1) is 27.1 Å². The maximum atomic E-state index is 12.4. The minimum atomic E-state index is -0.424. The number of carbonyl (C=O) groups is 1. The summed E-state index contributed by atoms with van der Waals surface area (Å²) in [4.78, 5) is 12.4. The summed E-state index contributed by atoms with van der Waals surface area (Å²) in [5.74, 6) is 1.07. The lowest BCUT2D eigenvalue weighted by molar-refractivity contribution is 0.0929. The average molecular weight is 669 g/mol. The van der Waals surface area contributed by atoms with Crippen LogP contribution in [0.1, 0.15) is 23.0 Å². The minimum absolute atomic E-state index is 0.196. The molecule has 0 aliphatic carbocycles. The van der Waals surface area contributed by atoms with Gasteiger partial charge in [-0.25, -0.2) is 5.43 Å².